The first-order valence-corrected chi connectivity index (χ1v) is 11.5. The van der Waals surface area contributed by atoms with Gasteiger partial charge in [-0.1, -0.05) is 41.9 Å². The number of methoxy groups -OCH3 is 1. The first kappa shape index (κ1) is 24.2. The van der Waals surface area contributed by atoms with E-state index >= 15 is 0 Å². The summed E-state index contributed by atoms with van der Waals surface area (Å²) in [6.45, 7) is -0.0876. The van der Waals surface area contributed by atoms with Gasteiger partial charge in [0, 0.05) is 35.3 Å². The number of nitrogens with one attached hydrogen (secondary N) is 2. The number of amides is 1. The van der Waals surface area contributed by atoms with Gasteiger partial charge in [0.25, 0.3) is 11.6 Å². The van der Waals surface area contributed by atoms with E-state index in [-0.39, 0.29) is 35.0 Å². The topological polar surface area (TPSA) is 128 Å². The summed E-state index contributed by atoms with van der Waals surface area (Å²) in [7, 11) is -2.71. The van der Waals surface area contributed by atoms with Gasteiger partial charge >= 0.3 is 0 Å². The van der Waals surface area contributed by atoms with E-state index in [9.17, 15) is 23.3 Å². The molecule has 0 saturated carbocycles. The summed E-state index contributed by atoms with van der Waals surface area (Å²) in [4.78, 5) is 23.0. The number of hydrogen-bond acceptors (Lipinski definition) is 6. The Hall–Kier alpha value is -3.47. The van der Waals surface area contributed by atoms with Gasteiger partial charge in [-0.3, -0.25) is 14.9 Å². The highest BCUT2D eigenvalue weighted by Gasteiger charge is 2.22. The molecule has 172 valence electrons. The van der Waals surface area contributed by atoms with Crippen LogP contribution in [0.5, 0.6) is 5.75 Å². The Balaban J connectivity index is 1.79. The fourth-order valence-corrected chi connectivity index (χ4v) is 4.34. The van der Waals surface area contributed by atoms with Gasteiger partial charge in [0.15, 0.2) is 0 Å². The summed E-state index contributed by atoms with van der Waals surface area (Å²) in [5.74, 6) is -0.529. The molecule has 0 aliphatic carbocycles. The van der Waals surface area contributed by atoms with E-state index < -0.39 is 20.9 Å². The lowest BCUT2D eigenvalue weighted by molar-refractivity contribution is -0.385. The van der Waals surface area contributed by atoms with Crippen molar-refractivity contribution in [3.8, 4) is 5.75 Å². The first-order chi connectivity index (χ1) is 15.7. The number of para-hydroxylation sites is 1. The molecule has 0 aliphatic heterocycles. The lowest BCUT2D eigenvalue weighted by atomic mass is 10.1. The van der Waals surface area contributed by atoms with Crippen molar-refractivity contribution in [3.63, 3.8) is 0 Å². The van der Waals surface area contributed by atoms with Crippen LogP contribution in [0.2, 0.25) is 5.02 Å². The Morgan fingerprint density at radius 3 is 2.42 bits per heavy atom. The molecule has 0 saturated heterocycles. The molecule has 0 unspecified atom stereocenters. The second kappa shape index (κ2) is 10.4. The van der Waals surface area contributed by atoms with Gasteiger partial charge in [-0.2, -0.15) is 0 Å². The normalized spacial score (nSPS) is 11.1. The SMILES string of the molecule is COc1ccc(C(=O)NCc2ccccc2[N+](=O)[O-])cc1S(=O)(=O)NCc1ccc(Cl)cc1. The van der Waals surface area contributed by atoms with E-state index in [1.54, 1.807) is 30.3 Å². The van der Waals surface area contributed by atoms with Crippen LogP contribution in [0.25, 0.3) is 0 Å². The van der Waals surface area contributed by atoms with Gasteiger partial charge in [0.05, 0.1) is 12.0 Å². The number of rotatable bonds is 9. The molecular formula is C22H20ClN3O6S. The Kier molecular flexibility index (Phi) is 7.64. The van der Waals surface area contributed by atoms with Gasteiger partial charge in [-0.25, -0.2) is 13.1 Å². The zero-order valence-electron chi connectivity index (χ0n) is 17.4. The molecule has 1 amide bonds. The summed E-state index contributed by atoms with van der Waals surface area (Å²) < 4.78 is 33.4. The zero-order valence-corrected chi connectivity index (χ0v) is 19.0. The number of benzene rings is 3. The van der Waals surface area contributed by atoms with Crippen LogP contribution in [0.4, 0.5) is 5.69 Å². The van der Waals surface area contributed by atoms with E-state index in [1.807, 2.05) is 0 Å². The molecule has 0 bridgehead atoms. The molecule has 3 aromatic carbocycles. The Labute approximate surface area is 195 Å². The minimum atomic E-state index is -4.03. The summed E-state index contributed by atoms with van der Waals surface area (Å²) >= 11 is 5.85. The number of halogens is 1. The molecular weight excluding hydrogens is 470 g/mol. The van der Waals surface area contributed by atoms with E-state index in [1.165, 1.54) is 43.5 Å². The average Bonchev–Trinajstić information content (AvgIpc) is 2.82. The maximum Gasteiger partial charge on any atom is 0.274 e. The summed E-state index contributed by atoms with van der Waals surface area (Å²) in [5, 5.41) is 14.2. The summed E-state index contributed by atoms with van der Waals surface area (Å²) in [6, 6.07) is 16.7. The molecule has 9 nitrogen and oxygen atoms in total. The molecule has 0 aliphatic rings. The minimum Gasteiger partial charge on any atom is -0.495 e. The number of sulfonamides is 1. The third-order valence-corrected chi connectivity index (χ3v) is 6.40. The highest BCUT2D eigenvalue weighted by atomic mass is 35.5. The van der Waals surface area contributed by atoms with Crippen molar-refractivity contribution in [3.05, 3.63) is 98.6 Å². The van der Waals surface area contributed by atoms with Crippen LogP contribution >= 0.6 is 11.6 Å². The van der Waals surface area contributed by atoms with E-state index in [0.717, 1.165) is 0 Å². The van der Waals surface area contributed by atoms with Crippen molar-refractivity contribution in [1.29, 1.82) is 0 Å². The lowest BCUT2D eigenvalue weighted by Gasteiger charge is -2.13. The third-order valence-electron chi connectivity index (χ3n) is 4.72. The number of nitrogens with zero attached hydrogens (tertiary/aromatic N) is 1. The van der Waals surface area contributed by atoms with E-state index in [4.69, 9.17) is 16.3 Å². The van der Waals surface area contributed by atoms with Crippen LogP contribution in [-0.2, 0) is 23.1 Å². The fraction of sp³-hybridized carbons (Fsp3) is 0.136. The molecule has 0 radical (unpaired) electrons. The van der Waals surface area contributed by atoms with Crippen molar-refractivity contribution in [2.24, 2.45) is 0 Å². The molecule has 0 spiro atoms. The largest absolute Gasteiger partial charge is 0.495 e. The highest BCUT2D eigenvalue weighted by Crippen LogP contribution is 2.25. The first-order valence-electron chi connectivity index (χ1n) is 9.64. The number of carbonyl (C=O) groups excluding carboxylic acids is 1. The number of carbonyl (C=O) groups is 1. The maximum atomic E-state index is 12.9. The van der Waals surface area contributed by atoms with Crippen molar-refractivity contribution in [2.45, 2.75) is 18.0 Å². The molecule has 0 heterocycles. The van der Waals surface area contributed by atoms with Gasteiger partial charge in [0.2, 0.25) is 10.0 Å². The summed E-state index contributed by atoms with van der Waals surface area (Å²) in [5.41, 5.74) is 0.950. The van der Waals surface area contributed by atoms with Crippen molar-refractivity contribution in [1.82, 2.24) is 10.0 Å². The smallest absolute Gasteiger partial charge is 0.274 e. The quantitative estimate of drug-likeness (QED) is 0.348. The van der Waals surface area contributed by atoms with Gasteiger partial charge in [-0.05, 0) is 35.9 Å². The van der Waals surface area contributed by atoms with Crippen molar-refractivity contribution < 1.29 is 22.9 Å². The number of hydrogen-bond donors (Lipinski definition) is 2. The van der Waals surface area contributed by atoms with Crippen molar-refractivity contribution >= 4 is 33.2 Å². The lowest BCUT2D eigenvalue weighted by Crippen LogP contribution is -2.26. The zero-order chi connectivity index (χ0) is 24.0. The summed E-state index contributed by atoms with van der Waals surface area (Å²) in [6.07, 6.45) is 0. The van der Waals surface area contributed by atoms with Crippen LogP contribution in [0.1, 0.15) is 21.5 Å². The highest BCUT2D eigenvalue weighted by molar-refractivity contribution is 7.89. The second-order valence-corrected chi connectivity index (χ2v) is 9.06. The molecule has 0 fully saturated rings. The predicted molar refractivity (Wildman–Crippen MR) is 123 cm³/mol. The van der Waals surface area contributed by atoms with Crippen LogP contribution in [0.15, 0.2) is 71.6 Å². The Bertz CT molecular complexity index is 1280. The minimum absolute atomic E-state index is 0.0107. The second-order valence-electron chi connectivity index (χ2n) is 6.89. The molecule has 3 rings (SSSR count). The van der Waals surface area contributed by atoms with E-state index in [2.05, 4.69) is 10.0 Å². The van der Waals surface area contributed by atoms with Crippen LogP contribution in [0.3, 0.4) is 0 Å². The molecule has 11 heteroatoms. The van der Waals surface area contributed by atoms with Gasteiger partial charge < -0.3 is 10.1 Å². The van der Waals surface area contributed by atoms with Crippen LogP contribution in [0, 0.1) is 10.1 Å². The Morgan fingerprint density at radius 2 is 1.76 bits per heavy atom. The number of nitro groups is 1. The average molecular weight is 490 g/mol. The Morgan fingerprint density at radius 1 is 1.06 bits per heavy atom. The monoisotopic (exact) mass is 489 g/mol. The standard InChI is InChI=1S/C22H20ClN3O6S/c1-32-20-11-8-16(22(27)24-14-17-4-2-3-5-19(17)26(28)29)12-21(20)33(30,31)25-13-15-6-9-18(23)10-7-15/h2-12,25H,13-14H2,1H3,(H,24,27). The fourth-order valence-electron chi connectivity index (χ4n) is 3.00. The predicted octanol–water partition coefficient (Wildman–Crippen LogP) is 3.67. The van der Waals surface area contributed by atoms with E-state index in [0.29, 0.717) is 16.1 Å². The van der Waals surface area contributed by atoms with Crippen LogP contribution in [-0.4, -0.2) is 26.4 Å². The van der Waals surface area contributed by atoms with Crippen molar-refractivity contribution in [2.75, 3.05) is 7.11 Å². The maximum absolute atomic E-state index is 12.9. The van der Waals surface area contributed by atoms with Gasteiger partial charge in [0.1, 0.15) is 10.6 Å². The molecule has 2 N–H and O–H groups in total. The number of nitro benzene ring substituents is 1. The molecule has 0 atom stereocenters. The third kappa shape index (κ3) is 6.07. The van der Waals surface area contributed by atoms with Gasteiger partial charge in [-0.15, -0.1) is 0 Å². The van der Waals surface area contributed by atoms with Crippen LogP contribution < -0.4 is 14.8 Å². The molecule has 33 heavy (non-hydrogen) atoms. The number of ether oxygens (including phenoxy) is 1. The molecule has 0 aromatic heterocycles. The molecule has 3 aromatic rings.